The van der Waals surface area contributed by atoms with Crippen molar-refractivity contribution in [2.75, 3.05) is 18.1 Å². The third kappa shape index (κ3) is 4.30. The molecule has 4 nitrogen and oxygen atoms in total. The fraction of sp³-hybridized carbons (Fsp3) is 0.500. The average Bonchev–Trinajstić information content (AvgIpc) is 2.62. The highest BCUT2D eigenvalue weighted by Gasteiger charge is 2.32. The third-order valence-corrected chi connectivity index (χ3v) is 5.45. The van der Waals surface area contributed by atoms with Crippen molar-refractivity contribution in [2.45, 2.75) is 52.2 Å². The molecule has 27 heavy (non-hydrogen) atoms. The molecule has 2 aromatic rings. The third-order valence-electron chi connectivity index (χ3n) is 5.45. The van der Waals surface area contributed by atoms with Crippen molar-refractivity contribution in [2.24, 2.45) is 5.92 Å². The Bertz CT molecular complexity index is 791. The number of anilines is 1. The molecule has 0 radical (unpaired) electrons. The van der Waals surface area contributed by atoms with Gasteiger partial charge in [-0.2, -0.15) is 0 Å². The molecule has 0 spiro atoms. The molecule has 0 fully saturated rings. The van der Waals surface area contributed by atoms with Crippen LogP contribution < -0.4 is 10.2 Å². The Morgan fingerprint density at radius 1 is 1.22 bits per heavy atom. The minimum absolute atomic E-state index is 0.00293. The molecular weight excluding hydrogens is 341 g/mol. The molecule has 1 atom stereocenters. The van der Waals surface area contributed by atoms with Crippen LogP contribution in [-0.4, -0.2) is 29.3 Å². The fourth-order valence-corrected chi connectivity index (χ4v) is 3.82. The first-order valence-corrected chi connectivity index (χ1v) is 9.65. The van der Waals surface area contributed by atoms with Crippen molar-refractivity contribution in [3.8, 4) is 0 Å². The first-order valence-electron chi connectivity index (χ1n) is 9.65. The van der Waals surface area contributed by atoms with E-state index < -0.39 is 0 Å². The zero-order valence-corrected chi connectivity index (χ0v) is 16.7. The van der Waals surface area contributed by atoms with Crippen molar-refractivity contribution < 1.29 is 9.50 Å². The number of aliphatic hydroxyl groups is 1. The Kier molecular flexibility index (Phi) is 5.82. The molecule has 0 bridgehead atoms. The zero-order chi connectivity index (χ0) is 19.6. The van der Waals surface area contributed by atoms with Gasteiger partial charge in [-0.05, 0) is 29.2 Å². The van der Waals surface area contributed by atoms with Crippen LogP contribution in [0, 0.1) is 11.7 Å². The maximum Gasteiger partial charge on any atom is 0.146 e. The normalized spacial score (nSPS) is 17.1. The van der Waals surface area contributed by atoms with Crippen molar-refractivity contribution in [3.05, 3.63) is 59.0 Å². The highest BCUT2D eigenvalue weighted by atomic mass is 19.1. The van der Waals surface area contributed by atoms with Gasteiger partial charge in [0, 0.05) is 31.1 Å². The molecular formula is C22H30FN3O. The van der Waals surface area contributed by atoms with E-state index in [0.717, 1.165) is 18.9 Å². The van der Waals surface area contributed by atoms with Gasteiger partial charge < -0.3 is 15.3 Å². The zero-order valence-electron chi connectivity index (χ0n) is 16.7. The lowest BCUT2D eigenvalue weighted by Gasteiger charge is -2.40. The number of halogens is 1. The summed E-state index contributed by atoms with van der Waals surface area (Å²) in [6.45, 7) is 10.5. The number of nitrogens with zero attached hydrogens (tertiary/aromatic N) is 2. The number of hydrogen-bond donors (Lipinski definition) is 2. The predicted octanol–water partition coefficient (Wildman–Crippen LogP) is 3.63. The van der Waals surface area contributed by atoms with E-state index in [-0.39, 0.29) is 29.8 Å². The van der Waals surface area contributed by atoms with E-state index in [9.17, 15) is 9.50 Å². The van der Waals surface area contributed by atoms with E-state index in [4.69, 9.17) is 0 Å². The molecule has 1 aromatic carbocycles. The number of benzene rings is 1. The minimum Gasteiger partial charge on any atom is -0.395 e. The molecule has 3 rings (SSSR count). The Hall–Kier alpha value is -1.98. The van der Waals surface area contributed by atoms with Crippen LogP contribution in [0.1, 0.15) is 44.5 Å². The van der Waals surface area contributed by atoms with Crippen LogP contribution in [0.4, 0.5) is 10.2 Å². The number of nitrogens with one attached hydrogen (secondary N) is 1. The van der Waals surface area contributed by atoms with Crippen molar-refractivity contribution >= 4 is 5.82 Å². The van der Waals surface area contributed by atoms with Crippen molar-refractivity contribution in [3.63, 3.8) is 0 Å². The molecule has 1 aliphatic rings. The Labute approximate surface area is 161 Å². The van der Waals surface area contributed by atoms with Gasteiger partial charge in [0.15, 0.2) is 0 Å². The van der Waals surface area contributed by atoms with Crippen LogP contribution in [0.25, 0.3) is 0 Å². The lowest BCUT2D eigenvalue weighted by atomic mass is 9.78. The molecule has 0 aliphatic carbocycles. The maximum atomic E-state index is 14.3. The maximum absolute atomic E-state index is 14.3. The molecule has 0 saturated heterocycles. The van der Waals surface area contributed by atoms with Crippen molar-refractivity contribution in [1.82, 2.24) is 10.3 Å². The SMILES string of the molecule is CC(C)[C@H](CO)NCc1nc(N2Cc3ccccc3C(C)(C)C2)ccc1F. The molecule has 1 aromatic heterocycles. The number of hydrogen-bond acceptors (Lipinski definition) is 4. The predicted molar refractivity (Wildman–Crippen MR) is 107 cm³/mol. The van der Waals surface area contributed by atoms with E-state index in [0.29, 0.717) is 12.2 Å². The number of fused-ring (bicyclic) bond motifs is 1. The monoisotopic (exact) mass is 371 g/mol. The number of aromatic nitrogens is 1. The van der Waals surface area contributed by atoms with Crippen LogP contribution in [0.2, 0.25) is 0 Å². The molecule has 0 amide bonds. The summed E-state index contributed by atoms with van der Waals surface area (Å²) in [6, 6.07) is 11.7. The van der Waals surface area contributed by atoms with E-state index in [1.165, 1.54) is 17.2 Å². The summed E-state index contributed by atoms with van der Waals surface area (Å²) in [6.07, 6.45) is 0. The van der Waals surface area contributed by atoms with Gasteiger partial charge in [0.05, 0.1) is 12.3 Å². The van der Waals surface area contributed by atoms with Gasteiger partial charge in [0.25, 0.3) is 0 Å². The first-order chi connectivity index (χ1) is 12.8. The number of rotatable bonds is 6. The van der Waals surface area contributed by atoms with Crippen molar-refractivity contribution in [1.29, 1.82) is 0 Å². The van der Waals surface area contributed by atoms with E-state index in [1.54, 1.807) is 6.07 Å². The van der Waals surface area contributed by atoms with Gasteiger partial charge in [-0.1, -0.05) is 52.0 Å². The second-order valence-corrected chi connectivity index (χ2v) is 8.41. The molecule has 1 aliphatic heterocycles. The van der Waals surface area contributed by atoms with Crippen LogP contribution >= 0.6 is 0 Å². The Balaban J connectivity index is 1.82. The lowest BCUT2D eigenvalue weighted by molar-refractivity contribution is 0.209. The van der Waals surface area contributed by atoms with Gasteiger partial charge in [-0.15, -0.1) is 0 Å². The van der Waals surface area contributed by atoms with Gasteiger partial charge in [-0.3, -0.25) is 0 Å². The van der Waals surface area contributed by atoms with Crippen LogP contribution in [0.3, 0.4) is 0 Å². The first kappa shape index (κ1) is 19.8. The largest absolute Gasteiger partial charge is 0.395 e. The molecule has 0 saturated carbocycles. The van der Waals surface area contributed by atoms with Crippen LogP contribution in [-0.2, 0) is 18.5 Å². The minimum atomic E-state index is -0.316. The Morgan fingerprint density at radius 3 is 2.67 bits per heavy atom. The lowest BCUT2D eigenvalue weighted by Crippen LogP contribution is -2.42. The molecule has 0 unspecified atom stereocenters. The highest BCUT2D eigenvalue weighted by molar-refractivity contribution is 5.48. The summed E-state index contributed by atoms with van der Waals surface area (Å²) in [4.78, 5) is 6.83. The summed E-state index contributed by atoms with van der Waals surface area (Å²) < 4.78 is 14.3. The Morgan fingerprint density at radius 2 is 1.96 bits per heavy atom. The van der Waals surface area contributed by atoms with E-state index in [2.05, 4.69) is 53.3 Å². The van der Waals surface area contributed by atoms with E-state index >= 15 is 0 Å². The summed E-state index contributed by atoms with van der Waals surface area (Å²) >= 11 is 0. The number of pyridine rings is 1. The molecule has 2 N–H and O–H groups in total. The summed E-state index contributed by atoms with van der Waals surface area (Å²) in [5, 5.41) is 12.7. The van der Waals surface area contributed by atoms with Gasteiger partial charge in [-0.25, -0.2) is 9.37 Å². The van der Waals surface area contributed by atoms with Crippen LogP contribution in [0.5, 0.6) is 0 Å². The standard InChI is InChI=1S/C22H30FN3O/c1-15(2)20(13-27)24-11-19-18(23)9-10-21(25-19)26-12-16-7-5-6-8-17(16)22(3,4)14-26/h5-10,15,20,24,27H,11-14H2,1-4H3/t20-/m0/s1. The van der Waals surface area contributed by atoms with E-state index in [1.807, 2.05) is 13.8 Å². The summed E-state index contributed by atoms with van der Waals surface area (Å²) in [5.41, 5.74) is 3.05. The fourth-order valence-electron chi connectivity index (χ4n) is 3.82. The quantitative estimate of drug-likeness (QED) is 0.814. The topological polar surface area (TPSA) is 48.4 Å². The average molecular weight is 372 g/mol. The molecule has 5 heteroatoms. The highest BCUT2D eigenvalue weighted by Crippen LogP contribution is 2.35. The smallest absolute Gasteiger partial charge is 0.146 e. The van der Waals surface area contributed by atoms with Crippen LogP contribution in [0.15, 0.2) is 36.4 Å². The summed E-state index contributed by atoms with van der Waals surface area (Å²) in [7, 11) is 0. The summed E-state index contributed by atoms with van der Waals surface area (Å²) in [5.74, 6) is 0.741. The molecule has 146 valence electrons. The second kappa shape index (κ2) is 7.95. The van der Waals surface area contributed by atoms with Gasteiger partial charge in [0.2, 0.25) is 0 Å². The van der Waals surface area contributed by atoms with Gasteiger partial charge in [0.1, 0.15) is 11.6 Å². The second-order valence-electron chi connectivity index (χ2n) is 8.41. The number of aliphatic hydroxyl groups excluding tert-OH is 1. The van der Waals surface area contributed by atoms with Gasteiger partial charge >= 0.3 is 0 Å². The molecule has 2 heterocycles.